The number of nitriles is 1. The largest absolute Gasteiger partial charge is 0.323 e. The first kappa shape index (κ1) is 21.1. The van der Waals surface area contributed by atoms with Gasteiger partial charge in [-0.3, -0.25) is 9.59 Å². The molecule has 7 rings (SSSR count). The summed E-state index contributed by atoms with van der Waals surface area (Å²) in [6.45, 7) is 1.06. The predicted octanol–water partition coefficient (Wildman–Crippen LogP) is 3.14. The molecule has 4 bridgehead atoms. The van der Waals surface area contributed by atoms with Crippen LogP contribution < -0.4 is 10.2 Å². The van der Waals surface area contributed by atoms with Gasteiger partial charge < -0.3 is 15.1 Å². The highest BCUT2D eigenvalue weighted by atomic mass is 19.1. The molecule has 7 heteroatoms. The highest BCUT2D eigenvalue weighted by Crippen LogP contribution is 2.65. The normalized spacial score (nSPS) is 39.0. The lowest BCUT2D eigenvalue weighted by molar-refractivity contribution is -0.130. The summed E-state index contributed by atoms with van der Waals surface area (Å²) in [6, 6.07) is 10.1. The van der Waals surface area contributed by atoms with E-state index in [0.717, 1.165) is 31.5 Å². The monoisotopic (exact) mass is 450 g/mol. The van der Waals surface area contributed by atoms with Crippen molar-refractivity contribution < 1.29 is 14.0 Å². The van der Waals surface area contributed by atoms with Crippen molar-refractivity contribution in [3.05, 3.63) is 29.8 Å². The highest BCUT2D eigenvalue weighted by molar-refractivity contribution is 5.95. The Labute approximate surface area is 194 Å². The molecule has 2 unspecified atom stereocenters. The summed E-state index contributed by atoms with van der Waals surface area (Å²) in [4.78, 5) is 28.1. The lowest BCUT2D eigenvalue weighted by Gasteiger charge is -2.40. The topological polar surface area (TPSA) is 76.4 Å². The van der Waals surface area contributed by atoms with Gasteiger partial charge in [0.25, 0.3) is 0 Å². The maximum Gasteiger partial charge on any atom is 0.237 e. The molecule has 2 heterocycles. The van der Waals surface area contributed by atoms with Crippen molar-refractivity contribution in [2.24, 2.45) is 17.8 Å². The van der Waals surface area contributed by atoms with Gasteiger partial charge in [-0.15, -0.1) is 0 Å². The first-order chi connectivity index (χ1) is 16.0. The van der Waals surface area contributed by atoms with Crippen molar-refractivity contribution in [1.29, 1.82) is 5.26 Å². The van der Waals surface area contributed by atoms with Gasteiger partial charge in [0.2, 0.25) is 11.8 Å². The third-order valence-corrected chi connectivity index (χ3v) is 9.20. The Kier molecular flexibility index (Phi) is 4.99. The molecule has 6 aliphatic rings. The van der Waals surface area contributed by atoms with Crippen LogP contribution in [-0.4, -0.2) is 54.1 Å². The van der Waals surface area contributed by atoms with Crippen LogP contribution in [0, 0.1) is 29.1 Å². The van der Waals surface area contributed by atoms with Crippen LogP contribution in [0.3, 0.4) is 0 Å². The minimum Gasteiger partial charge on any atom is -0.323 e. The van der Waals surface area contributed by atoms with Crippen molar-refractivity contribution in [1.82, 2.24) is 10.2 Å². The maximum absolute atomic E-state index is 13.7. The van der Waals surface area contributed by atoms with Crippen LogP contribution in [0.1, 0.15) is 56.4 Å². The SMILES string of the molecule is N#C[C@@H]1C[C@H](F)CN1C(=O)CNC12CC3CC1CC(C2)C3c1ccc(N2CCCC2=O)cc1. The predicted molar refractivity (Wildman–Crippen MR) is 121 cm³/mol. The molecule has 0 radical (unpaired) electrons. The van der Waals surface area contributed by atoms with Crippen molar-refractivity contribution in [2.45, 2.75) is 68.6 Å². The van der Waals surface area contributed by atoms with Gasteiger partial charge in [-0.1, -0.05) is 12.1 Å². The van der Waals surface area contributed by atoms with E-state index in [9.17, 15) is 19.2 Å². The summed E-state index contributed by atoms with van der Waals surface area (Å²) in [5, 5.41) is 12.9. The third-order valence-electron chi connectivity index (χ3n) is 9.20. The van der Waals surface area contributed by atoms with Crippen molar-refractivity contribution in [2.75, 3.05) is 24.5 Å². The summed E-state index contributed by atoms with van der Waals surface area (Å²) in [6.07, 6.45) is 5.15. The lowest BCUT2D eigenvalue weighted by Crippen LogP contribution is -2.52. The van der Waals surface area contributed by atoms with Gasteiger partial charge in [-0.25, -0.2) is 4.39 Å². The van der Waals surface area contributed by atoms with E-state index in [-0.39, 0.29) is 36.9 Å². The van der Waals surface area contributed by atoms with E-state index >= 15 is 0 Å². The summed E-state index contributed by atoms with van der Waals surface area (Å²) in [5.74, 6) is 2.44. The lowest BCUT2D eigenvalue weighted by atomic mass is 9.68. The number of hydrogen-bond donors (Lipinski definition) is 1. The number of anilines is 1. The standard InChI is InChI=1S/C26H31FN4O2/c27-20-10-22(13-28)31(15-20)24(33)14-29-26-11-17-8-19(26)9-18(12-26)25(17)16-3-5-21(6-4-16)30-7-1-2-23(30)32/h3-6,17-20,22,25,29H,1-2,7-12,14-15H2/t17?,18?,19?,20-,22-,25?,26?/m0/s1. The van der Waals surface area contributed by atoms with Crippen molar-refractivity contribution in [3.8, 4) is 6.07 Å². The van der Waals surface area contributed by atoms with Crippen LogP contribution in [0.5, 0.6) is 0 Å². The first-order valence-corrected chi connectivity index (χ1v) is 12.5. The average molecular weight is 451 g/mol. The van der Waals surface area contributed by atoms with E-state index < -0.39 is 12.2 Å². The van der Waals surface area contributed by atoms with Crippen LogP contribution in [0.15, 0.2) is 24.3 Å². The number of carbonyl (C=O) groups is 2. The Morgan fingerprint density at radius 2 is 1.91 bits per heavy atom. The van der Waals surface area contributed by atoms with Gasteiger partial charge in [0.1, 0.15) is 12.2 Å². The zero-order chi connectivity index (χ0) is 22.7. The van der Waals surface area contributed by atoms with Crippen LogP contribution in [0.2, 0.25) is 0 Å². The van der Waals surface area contributed by atoms with Gasteiger partial charge in [-0.2, -0.15) is 5.26 Å². The third kappa shape index (κ3) is 3.37. The van der Waals surface area contributed by atoms with E-state index in [4.69, 9.17) is 0 Å². The zero-order valence-corrected chi connectivity index (χ0v) is 18.9. The second-order valence-corrected chi connectivity index (χ2v) is 10.9. The van der Waals surface area contributed by atoms with Gasteiger partial charge in [-0.05, 0) is 73.5 Å². The van der Waals surface area contributed by atoms with Crippen molar-refractivity contribution in [3.63, 3.8) is 0 Å². The zero-order valence-electron chi connectivity index (χ0n) is 18.9. The molecule has 1 aromatic rings. The number of likely N-dealkylation sites (tertiary alicyclic amines) is 1. The molecule has 174 valence electrons. The number of alkyl halides is 1. The minimum absolute atomic E-state index is 0.0143. The van der Waals surface area contributed by atoms with Crippen LogP contribution in [-0.2, 0) is 9.59 Å². The fraction of sp³-hybridized carbons (Fsp3) is 0.654. The Morgan fingerprint density at radius 1 is 1.18 bits per heavy atom. The van der Waals surface area contributed by atoms with Gasteiger partial charge in [0, 0.05) is 30.6 Å². The molecule has 1 aromatic carbocycles. The molecule has 2 amide bonds. The number of nitrogens with zero attached hydrogens (tertiary/aromatic N) is 3. The number of nitrogens with one attached hydrogen (secondary N) is 1. The quantitative estimate of drug-likeness (QED) is 0.748. The minimum atomic E-state index is -1.09. The molecule has 4 saturated carbocycles. The molecule has 4 aliphatic carbocycles. The average Bonchev–Trinajstić information content (AvgIpc) is 3.54. The molecular weight excluding hydrogens is 419 g/mol. The van der Waals surface area contributed by atoms with Crippen LogP contribution in [0.4, 0.5) is 10.1 Å². The van der Waals surface area contributed by atoms with E-state index in [1.54, 1.807) is 0 Å². The molecule has 6 fully saturated rings. The Hall–Kier alpha value is -2.46. The number of carbonyl (C=O) groups excluding carboxylic acids is 2. The number of rotatable bonds is 5. The number of halogens is 1. The first-order valence-electron chi connectivity index (χ1n) is 12.5. The molecule has 33 heavy (non-hydrogen) atoms. The van der Waals surface area contributed by atoms with Gasteiger partial charge >= 0.3 is 0 Å². The number of benzene rings is 1. The molecule has 0 aromatic heterocycles. The fourth-order valence-electron chi connectivity index (χ4n) is 7.90. The van der Waals surface area contributed by atoms with Crippen molar-refractivity contribution >= 4 is 17.5 Å². The van der Waals surface area contributed by atoms with Crippen LogP contribution >= 0.6 is 0 Å². The highest BCUT2D eigenvalue weighted by Gasteiger charge is 2.61. The summed E-state index contributed by atoms with van der Waals surface area (Å²) >= 11 is 0. The second kappa shape index (κ2) is 7.80. The molecule has 2 aliphatic heterocycles. The second-order valence-electron chi connectivity index (χ2n) is 10.9. The maximum atomic E-state index is 13.7. The summed E-state index contributed by atoms with van der Waals surface area (Å²) < 4.78 is 13.7. The van der Waals surface area contributed by atoms with Crippen LogP contribution in [0.25, 0.3) is 0 Å². The number of amides is 2. The Bertz CT molecular complexity index is 989. The smallest absolute Gasteiger partial charge is 0.237 e. The van der Waals surface area contributed by atoms with Gasteiger partial charge in [0.15, 0.2) is 0 Å². The van der Waals surface area contributed by atoms with E-state index in [2.05, 4.69) is 35.7 Å². The van der Waals surface area contributed by atoms with E-state index in [1.165, 1.54) is 23.3 Å². The molecule has 4 atom stereocenters. The molecular formula is C26H31FN4O2. The van der Waals surface area contributed by atoms with E-state index in [1.807, 2.05) is 4.90 Å². The molecule has 1 N–H and O–H groups in total. The Balaban J connectivity index is 1.12. The number of hydrogen-bond acceptors (Lipinski definition) is 4. The fourth-order valence-corrected chi connectivity index (χ4v) is 7.90. The molecule has 2 saturated heterocycles. The summed E-state index contributed by atoms with van der Waals surface area (Å²) in [5.41, 5.74) is 2.41. The van der Waals surface area contributed by atoms with Gasteiger partial charge in [0.05, 0.1) is 19.2 Å². The Morgan fingerprint density at radius 3 is 2.55 bits per heavy atom. The summed E-state index contributed by atoms with van der Waals surface area (Å²) in [7, 11) is 0. The van der Waals surface area contributed by atoms with E-state index in [0.29, 0.717) is 30.1 Å². The molecule has 0 spiro atoms. The molecule has 6 nitrogen and oxygen atoms in total.